The Labute approximate surface area is 261 Å². The van der Waals surface area contributed by atoms with Crippen molar-refractivity contribution >= 4 is 23.0 Å². The van der Waals surface area contributed by atoms with E-state index in [4.69, 9.17) is 15.0 Å². The largest absolute Gasteiger partial charge is 0.289 e. The molecule has 0 saturated heterocycles. The number of aliphatic imine (C=N–C) groups is 2. The van der Waals surface area contributed by atoms with Crippen LogP contribution in [0.5, 0.6) is 0 Å². The predicted octanol–water partition coefficient (Wildman–Crippen LogP) is 9.22. The van der Waals surface area contributed by atoms with Crippen LogP contribution in [0.3, 0.4) is 0 Å². The van der Waals surface area contributed by atoms with Crippen molar-refractivity contribution in [2.75, 3.05) is 0 Å². The molecule has 3 aromatic heterocycles. The lowest BCUT2D eigenvalue weighted by Gasteiger charge is -2.19. The average Bonchev–Trinajstić information content (AvgIpc) is 3.73. The quantitative estimate of drug-likeness (QED) is 0.135. The van der Waals surface area contributed by atoms with E-state index in [1.54, 1.807) is 25.0 Å². The van der Waals surface area contributed by atoms with Crippen molar-refractivity contribution in [3.63, 3.8) is 0 Å². The molecule has 0 amide bonds. The van der Waals surface area contributed by atoms with Crippen molar-refractivity contribution in [1.29, 1.82) is 0 Å². The first kappa shape index (κ1) is 30.8. The molecule has 0 unspecified atom stereocenters. The molecular formula is C37H43N7. The summed E-state index contributed by atoms with van der Waals surface area (Å²) in [4.78, 5) is 24.6. The second-order valence-electron chi connectivity index (χ2n) is 12.4. The van der Waals surface area contributed by atoms with E-state index in [2.05, 4.69) is 102 Å². The van der Waals surface area contributed by atoms with Crippen LogP contribution in [0.25, 0.3) is 0 Å². The number of para-hydroxylation sites is 2. The zero-order chi connectivity index (χ0) is 31.4. The van der Waals surface area contributed by atoms with Gasteiger partial charge in [-0.05, 0) is 58.1 Å². The lowest BCUT2D eigenvalue weighted by molar-refractivity contribution is 0.834. The van der Waals surface area contributed by atoms with Crippen LogP contribution in [0, 0.1) is 0 Å². The number of imidazole rings is 2. The van der Waals surface area contributed by atoms with Crippen molar-refractivity contribution in [3.05, 3.63) is 126 Å². The van der Waals surface area contributed by atoms with Crippen LogP contribution in [0.2, 0.25) is 0 Å². The number of hydrogen-bond acceptors (Lipinski definition) is 5. The first-order chi connectivity index (χ1) is 21.2. The standard InChI is InChI=1S/C37H43N7/c1-24(2)28-12-9-13-29(25(3)4)34(28)41-36(43-20-18-38-22-43)32-16-11-17-33(40-32)37(44-21-19-39-23-44)42-35-30(26(5)6)14-10-15-31(35)27(7)8/h9-27H,1-8H3. The minimum atomic E-state index is 0.312. The molecule has 3 heterocycles. The van der Waals surface area contributed by atoms with E-state index in [-0.39, 0.29) is 0 Å². The van der Waals surface area contributed by atoms with Gasteiger partial charge in [-0.3, -0.25) is 9.13 Å². The topological polar surface area (TPSA) is 73.2 Å². The second kappa shape index (κ2) is 13.3. The Morgan fingerprint density at radius 3 is 1.16 bits per heavy atom. The smallest absolute Gasteiger partial charge is 0.164 e. The third kappa shape index (κ3) is 6.47. The number of aromatic nitrogens is 5. The van der Waals surface area contributed by atoms with Crippen LogP contribution < -0.4 is 0 Å². The van der Waals surface area contributed by atoms with E-state index < -0.39 is 0 Å². The van der Waals surface area contributed by atoms with Crippen molar-refractivity contribution < 1.29 is 0 Å². The Kier molecular flexibility index (Phi) is 9.33. The highest BCUT2D eigenvalue weighted by Gasteiger charge is 2.20. The molecule has 7 nitrogen and oxygen atoms in total. The molecule has 0 atom stereocenters. The molecule has 7 heteroatoms. The van der Waals surface area contributed by atoms with Gasteiger partial charge in [0.25, 0.3) is 0 Å². The summed E-state index contributed by atoms with van der Waals surface area (Å²) in [5.74, 6) is 2.65. The Bertz CT molecular complexity index is 1580. The van der Waals surface area contributed by atoms with Gasteiger partial charge in [0.15, 0.2) is 11.7 Å². The third-order valence-corrected chi connectivity index (χ3v) is 7.83. The van der Waals surface area contributed by atoms with E-state index in [0.717, 1.165) is 22.8 Å². The summed E-state index contributed by atoms with van der Waals surface area (Å²) in [6, 6.07) is 19.0. The summed E-state index contributed by atoms with van der Waals surface area (Å²) >= 11 is 0. The Balaban J connectivity index is 1.75. The summed E-state index contributed by atoms with van der Waals surface area (Å²) < 4.78 is 3.87. The lowest BCUT2D eigenvalue weighted by atomic mass is 9.93. The van der Waals surface area contributed by atoms with Crippen molar-refractivity contribution in [1.82, 2.24) is 24.1 Å². The second-order valence-corrected chi connectivity index (χ2v) is 12.4. The van der Waals surface area contributed by atoms with E-state index in [1.165, 1.54) is 22.3 Å². The minimum Gasteiger partial charge on any atom is -0.289 e. The Morgan fingerprint density at radius 1 is 0.523 bits per heavy atom. The summed E-state index contributed by atoms with van der Waals surface area (Å²) in [6.45, 7) is 17.7. The van der Waals surface area contributed by atoms with Gasteiger partial charge in [0.05, 0.1) is 11.4 Å². The Morgan fingerprint density at radius 2 is 0.864 bits per heavy atom. The molecule has 0 aliphatic rings. The zero-order valence-corrected chi connectivity index (χ0v) is 27.1. The van der Waals surface area contributed by atoms with Gasteiger partial charge in [-0.2, -0.15) is 0 Å². The van der Waals surface area contributed by atoms with Crippen LogP contribution in [0.15, 0.2) is 102 Å². The number of hydrogen-bond donors (Lipinski definition) is 0. The molecule has 0 aliphatic heterocycles. The number of benzene rings is 2. The molecule has 0 spiro atoms. The number of nitrogens with zero attached hydrogens (tertiary/aromatic N) is 7. The highest BCUT2D eigenvalue weighted by molar-refractivity contribution is 6.04. The molecule has 226 valence electrons. The molecule has 0 N–H and O–H groups in total. The fourth-order valence-electron chi connectivity index (χ4n) is 5.44. The Hall–Kier alpha value is -4.65. The number of rotatable bonds is 8. The lowest BCUT2D eigenvalue weighted by Crippen LogP contribution is -2.19. The van der Waals surface area contributed by atoms with Crippen LogP contribution in [-0.2, 0) is 0 Å². The highest BCUT2D eigenvalue weighted by atomic mass is 15.1. The van der Waals surface area contributed by atoms with Crippen LogP contribution >= 0.6 is 0 Å². The summed E-state index contributed by atoms with van der Waals surface area (Å²) in [5, 5.41) is 0. The molecule has 0 radical (unpaired) electrons. The van der Waals surface area contributed by atoms with E-state index in [9.17, 15) is 0 Å². The maximum Gasteiger partial charge on any atom is 0.164 e. The van der Waals surface area contributed by atoms with Gasteiger partial charge >= 0.3 is 0 Å². The predicted molar refractivity (Wildman–Crippen MR) is 181 cm³/mol. The molecule has 5 rings (SSSR count). The molecular weight excluding hydrogens is 542 g/mol. The average molecular weight is 586 g/mol. The zero-order valence-electron chi connectivity index (χ0n) is 27.1. The number of pyridine rings is 1. The normalized spacial score (nSPS) is 12.7. The van der Waals surface area contributed by atoms with Crippen LogP contribution in [-0.4, -0.2) is 35.8 Å². The molecule has 44 heavy (non-hydrogen) atoms. The van der Waals surface area contributed by atoms with E-state index in [1.807, 2.05) is 39.7 Å². The van der Waals surface area contributed by atoms with Crippen molar-refractivity contribution in [3.8, 4) is 0 Å². The maximum absolute atomic E-state index is 5.35. The molecule has 0 fully saturated rings. The van der Waals surface area contributed by atoms with Gasteiger partial charge in [0, 0.05) is 24.8 Å². The fourth-order valence-corrected chi connectivity index (χ4v) is 5.44. The van der Waals surface area contributed by atoms with E-state index >= 15 is 0 Å². The highest BCUT2D eigenvalue weighted by Crippen LogP contribution is 2.37. The van der Waals surface area contributed by atoms with Crippen molar-refractivity contribution in [2.45, 2.75) is 79.1 Å². The fraction of sp³-hybridized carbons (Fsp3) is 0.324. The van der Waals surface area contributed by atoms with E-state index in [0.29, 0.717) is 35.3 Å². The molecule has 0 bridgehead atoms. The van der Waals surface area contributed by atoms with Crippen molar-refractivity contribution in [2.24, 2.45) is 9.98 Å². The molecule has 0 aliphatic carbocycles. The van der Waals surface area contributed by atoms with Crippen LogP contribution in [0.4, 0.5) is 11.4 Å². The monoisotopic (exact) mass is 585 g/mol. The maximum atomic E-state index is 5.35. The van der Waals surface area contributed by atoms with Gasteiger partial charge in [0.2, 0.25) is 0 Å². The molecule has 0 saturated carbocycles. The summed E-state index contributed by atoms with van der Waals surface area (Å²) in [6.07, 6.45) is 10.9. The van der Waals surface area contributed by atoms with Gasteiger partial charge in [0.1, 0.15) is 24.0 Å². The van der Waals surface area contributed by atoms with Gasteiger partial charge in [-0.1, -0.05) is 97.9 Å². The van der Waals surface area contributed by atoms with Gasteiger partial charge in [-0.15, -0.1) is 0 Å². The van der Waals surface area contributed by atoms with Gasteiger partial charge in [-0.25, -0.2) is 24.9 Å². The third-order valence-electron chi connectivity index (χ3n) is 7.83. The molecule has 5 aromatic rings. The van der Waals surface area contributed by atoms with Crippen LogP contribution in [0.1, 0.15) is 113 Å². The summed E-state index contributed by atoms with van der Waals surface area (Å²) in [7, 11) is 0. The first-order valence-corrected chi connectivity index (χ1v) is 15.5. The molecule has 2 aromatic carbocycles. The SMILES string of the molecule is CC(C)c1cccc(C(C)C)c1N=C(c1cccc(C(=Nc2c(C(C)C)cccc2C(C)C)n2ccnc2)n1)n1ccnc1. The first-order valence-electron chi connectivity index (χ1n) is 15.5. The minimum absolute atomic E-state index is 0.312. The summed E-state index contributed by atoms with van der Waals surface area (Å²) in [5.41, 5.74) is 8.25. The van der Waals surface area contributed by atoms with Gasteiger partial charge < -0.3 is 0 Å².